The maximum absolute atomic E-state index is 14.5. The van der Waals surface area contributed by atoms with Crippen LogP contribution in [0.1, 0.15) is 104 Å². The van der Waals surface area contributed by atoms with Crippen LogP contribution in [0.4, 0.5) is 4.39 Å². The predicted octanol–water partition coefficient (Wildman–Crippen LogP) is 8.98. The zero-order valence-corrected chi connectivity index (χ0v) is 42.5. The van der Waals surface area contributed by atoms with E-state index >= 15 is 0 Å². The highest BCUT2D eigenvalue weighted by molar-refractivity contribution is 7.51. The van der Waals surface area contributed by atoms with Gasteiger partial charge < -0.3 is 30.2 Å². The number of esters is 3. The van der Waals surface area contributed by atoms with E-state index in [4.69, 9.17) is 23.3 Å². The molecule has 394 valence electrons. The standard InChI is InChI=1S/C56H66FN4O12P/c1-42(59-52(63)34-32-49(55(66)70-39-44-21-9-3-10-22-44)60-51(62)27-15-6-16-36-58-54(65)47-28-30-48(57)31-29-47)18-17-37-72-74(68,73-41-46-25-13-5-14-26-46)61-50(56(67)71-40-45-23-11-4-12-24-45)33-35-53(64)69-38-43-19-7-2-8-20-43/h2-5,7-14,19-26,28-31,42,49-50H,6,15-18,27,32-41H2,1H3,(H,58,65)(H,59,63)(H,60,62)(H,61,68)/t42-,49+,50+,74?/m1/s1. The third-order valence-electron chi connectivity index (χ3n) is 11.4. The van der Waals surface area contributed by atoms with Crippen LogP contribution in [-0.4, -0.2) is 66.9 Å². The molecule has 0 aliphatic rings. The van der Waals surface area contributed by atoms with Crippen molar-refractivity contribution in [1.82, 2.24) is 21.0 Å². The molecular weight excluding hydrogens is 971 g/mol. The first kappa shape index (κ1) is 57.9. The smallest absolute Gasteiger partial charge is 0.406 e. The molecule has 0 aromatic heterocycles. The van der Waals surface area contributed by atoms with Crippen molar-refractivity contribution < 1.29 is 61.0 Å². The van der Waals surface area contributed by atoms with Crippen molar-refractivity contribution in [2.75, 3.05) is 13.2 Å². The van der Waals surface area contributed by atoms with Crippen LogP contribution in [0, 0.1) is 5.82 Å². The lowest BCUT2D eigenvalue weighted by Crippen LogP contribution is -2.43. The van der Waals surface area contributed by atoms with E-state index in [1.807, 2.05) is 60.7 Å². The first-order valence-corrected chi connectivity index (χ1v) is 26.3. The molecule has 0 heterocycles. The van der Waals surface area contributed by atoms with E-state index < -0.39 is 55.5 Å². The molecule has 0 bridgehead atoms. The molecule has 0 fully saturated rings. The number of carbonyl (C=O) groups is 6. The van der Waals surface area contributed by atoms with Gasteiger partial charge in [0.25, 0.3) is 5.91 Å². The molecule has 4 atom stereocenters. The topological polar surface area (TPSA) is 214 Å². The molecule has 74 heavy (non-hydrogen) atoms. The second kappa shape index (κ2) is 32.2. The normalized spacial score (nSPS) is 13.0. The molecule has 0 saturated heterocycles. The van der Waals surface area contributed by atoms with E-state index in [1.165, 1.54) is 24.3 Å². The monoisotopic (exact) mass is 1040 g/mol. The number of nitrogens with one attached hydrogen (secondary N) is 4. The largest absolute Gasteiger partial charge is 0.461 e. The Kier molecular flexibility index (Phi) is 25.2. The van der Waals surface area contributed by atoms with Crippen molar-refractivity contribution in [1.29, 1.82) is 0 Å². The fourth-order valence-electron chi connectivity index (χ4n) is 7.28. The Balaban J connectivity index is 1.12. The summed E-state index contributed by atoms with van der Waals surface area (Å²) >= 11 is 0. The molecule has 3 amide bonds. The van der Waals surface area contributed by atoms with E-state index in [9.17, 15) is 37.7 Å². The molecule has 0 radical (unpaired) electrons. The summed E-state index contributed by atoms with van der Waals surface area (Å²) in [6.07, 6.45) is 1.92. The highest BCUT2D eigenvalue weighted by Crippen LogP contribution is 2.46. The first-order chi connectivity index (χ1) is 35.8. The summed E-state index contributed by atoms with van der Waals surface area (Å²) in [5.41, 5.74) is 3.29. The SMILES string of the molecule is C[C@H](CCCOP(=O)(N[C@@H](CCC(=O)OCc1ccccc1)C(=O)OCc1ccccc1)OCc1ccccc1)NC(=O)CC[C@H](NC(=O)CCCCCNC(=O)c1ccc(F)cc1)C(=O)OCc1ccccc1. The highest BCUT2D eigenvalue weighted by Gasteiger charge is 2.34. The number of hydrogen-bond acceptors (Lipinski definition) is 12. The van der Waals surface area contributed by atoms with Crippen molar-refractivity contribution in [3.63, 3.8) is 0 Å². The van der Waals surface area contributed by atoms with Crippen LogP contribution in [0.5, 0.6) is 0 Å². The zero-order chi connectivity index (χ0) is 52.8. The Labute approximate surface area is 432 Å². The van der Waals surface area contributed by atoms with Gasteiger partial charge in [-0.3, -0.25) is 33.0 Å². The number of halogens is 1. The van der Waals surface area contributed by atoms with Crippen molar-refractivity contribution >= 4 is 43.4 Å². The third-order valence-corrected chi connectivity index (χ3v) is 13.0. The van der Waals surface area contributed by atoms with Gasteiger partial charge in [-0.2, -0.15) is 0 Å². The second-order valence-corrected chi connectivity index (χ2v) is 19.3. The Morgan fingerprint density at radius 2 is 1.01 bits per heavy atom. The predicted molar refractivity (Wildman–Crippen MR) is 275 cm³/mol. The quantitative estimate of drug-likeness (QED) is 0.0134. The van der Waals surface area contributed by atoms with Gasteiger partial charge in [0.05, 0.1) is 13.2 Å². The van der Waals surface area contributed by atoms with Gasteiger partial charge in [-0.25, -0.2) is 18.8 Å². The molecule has 0 saturated carbocycles. The van der Waals surface area contributed by atoms with Crippen LogP contribution in [0.15, 0.2) is 146 Å². The van der Waals surface area contributed by atoms with Crippen LogP contribution >= 0.6 is 7.75 Å². The van der Waals surface area contributed by atoms with Gasteiger partial charge in [0, 0.05) is 37.4 Å². The Bertz CT molecular complexity index is 2540. The number of unbranched alkanes of at least 4 members (excludes halogenated alkanes) is 2. The minimum Gasteiger partial charge on any atom is -0.461 e. The van der Waals surface area contributed by atoms with Gasteiger partial charge in [0.1, 0.15) is 37.7 Å². The summed E-state index contributed by atoms with van der Waals surface area (Å²) in [5.74, 6) is -3.59. The summed E-state index contributed by atoms with van der Waals surface area (Å²) in [7, 11) is -4.29. The third kappa shape index (κ3) is 22.8. The number of carbonyl (C=O) groups excluding carboxylic acids is 6. The van der Waals surface area contributed by atoms with Gasteiger partial charge in [0.15, 0.2) is 0 Å². The van der Waals surface area contributed by atoms with E-state index in [0.717, 1.165) is 16.7 Å². The van der Waals surface area contributed by atoms with E-state index in [2.05, 4.69) is 21.0 Å². The molecule has 18 heteroatoms. The number of benzene rings is 5. The van der Waals surface area contributed by atoms with Crippen LogP contribution in [-0.2, 0) is 78.2 Å². The molecule has 0 aliphatic carbocycles. The van der Waals surface area contributed by atoms with Crippen LogP contribution in [0.2, 0.25) is 0 Å². The van der Waals surface area contributed by atoms with E-state index in [1.54, 1.807) is 67.6 Å². The lowest BCUT2D eigenvalue weighted by molar-refractivity contribution is -0.150. The first-order valence-electron chi connectivity index (χ1n) is 24.8. The van der Waals surface area contributed by atoms with Crippen LogP contribution < -0.4 is 21.0 Å². The van der Waals surface area contributed by atoms with Crippen molar-refractivity contribution in [2.24, 2.45) is 0 Å². The summed E-state index contributed by atoms with van der Waals surface area (Å²) in [6.45, 7) is 1.83. The lowest BCUT2D eigenvalue weighted by atomic mass is 10.1. The number of rotatable bonds is 33. The molecule has 0 spiro atoms. The molecule has 4 N–H and O–H groups in total. The zero-order valence-electron chi connectivity index (χ0n) is 41.6. The maximum atomic E-state index is 14.5. The summed E-state index contributed by atoms with van der Waals surface area (Å²) in [5, 5.41) is 11.1. The molecule has 1 unspecified atom stereocenters. The maximum Gasteiger partial charge on any atom is 0.406 e. The molecule has 5 rings (SSSR count). The number of hydrogen-bond donors (Lipinski definition) is 4. The van der Waals surface area contributed by atoms with Gasteiger partial charge >= 0.3 is 25.7 Å². The molecule has 5 aromatic carbocycles. The van der Waals surface area contributed by atoms with Gasteiger partial charge in [0.2, 0.25) is 11.8 Å². The number of ether oxygens (including phenoxy) is 3. The Morgan fingerprint density at radius 3 is 1.58 bits per heavy atom. The molecular formula is C56H66FN4O12P. The molecule has 16 nitrogen and oxygen atoms in total. The lowest BCUT2D eigenvalue weighted by Gasteiger charge is -2.25. The van der Waals surface area contributed by atoms with Crippen molar-refractivity contribution in [2.45, 2.75) is 116 Å². The average Bonchev–Trinajstić information content (AvgIpc) is 3.42. The Morgan fingerprint density at radius 1 is 0.514 bits per heavy atom. The van der Waals surface area contributed by atoms with Crippen molar-refractivity contribution in [3.05, 3.63) is 179 Å². The van der Waals surface area contributed by atoms with E-state index in [-0.39, 0.29) is 77.0 Å². The summed E-state index contributed by atoms with van der Waals surface area (Å²) in [4.78, 5) is 78.3. The Hall–Kier alpha value is -7.04. The van der Waals surface area contributed by atoms with Crippen LogP contribution in [0.25, 0.3) is 0 Å². The van der Waals surface area contributed by atoms with Gasteiger partial charge in [-0.15, -0.1) is 0 Å². The average molecular weight is 1040 g/mol. The molecule has 5 aromatic rings. The van der Waals surface area contributed by atoms with E-state index in [0.29, 0.717) is 49.8 Å². The minimum absolute atomic E-state index is 0.0242. The summed E-state index contributed by atoms with van der Waals surface area (Å²) in [6, 6.07) is 38.6. The van der Waals surface area contributed by atoms with Crippen LogP contribution in [0.3, 0.4) is 0 Å². The highest BCUT2D eigenvalue weighted by atomic mass is 31.2. The fraction of sp³-hybridized carbons (Fsp3) is 0.357. The fourth-order valence-corrected chi connectivity index (χ4v) is 8.81. The second-order valence-electron chi connectivity index (χ2n) is 17.5. The number of amides is 3. The van der Waals surface area contributed by atoms with Gasteiger partial charge in [-0.05, 0) is 92.0 Å². The van der Waals surface area contributed by atoms with Crippen molar-refractivity contribution in [3.8, 4) is 0 Å². The molecule has 0 aliphatic heterocycles. The van der Waals surface area contributed by atoms with Gasteiger partial charge in [-0.1, -0.05) is 128 Å². The minimum atomic E-state index is -4.29. The summed E-state index contributed by atoms with van der Waals surface area (Å²) < 4.78 is 56.1.